The number of methoxy groups -OCH3 is 2. The second-order valence-electron chi connectivity index (χ2n) is 8.67. The van der Waals surface area contributed by atoms with Crippen LogP contribution in [0.15, 0.2) is 66.7 Å². The SMILES string of the molecule is COc1ccc(CC(=O)Nc2nc3n(n2)[C@H](c2ccc(F)cc2)C[C@@H](c2ccc(Cl)cc2)N3)cc1OC. The summed E-state index contributed by atoms with van der Waals surface area (Å²) in [6, 6.07) is 18.9. The number of fused-ring (bicyclic) bond motifs is 1. The topological polar surface area (TPSA) is 90.3 Å². The molecule has 0 saturated heterocycles. The Hall–Kier alpha value is -4.11. The lowest BCUT2D eigenvalue weighted by atomic mass is 9.93. The first-order valence-electron chi connectivity index (χ1n) is 11.7. The van der Waals surface area contributed by atoms with Crippen molar-refractivity contribution in [1.29, 1.82) is 0 Å². The molecule has 1 aliphatic heterocycles. The first kappa shape index (κ1) is 24.6. The molecule has 3 aromatic carbocycles. The highest BCUT2D eigenvalue weighted by Gasteiger charge is 2.31. The molecule has 2 heterocycles. The monoisotopic (exact) mass is 521 g/mol. The van der Waals surface area contributed by atoms with Crippen molar-refractivity contribution in [3.8, 4) is 11.5 Å². The largest absolute Gasteiger partial charge is 0.493 e. The van der Waals surface area contributed by atoms with E-state index in [9.17, 15) is 9.18 Å². The average molecular weight is 522 g/mol. The van der Waals surface area contributed by atoms with Gasteiger partial charge in [-0.2, -0.15) is 4.98 Å². The van der Waals surface area contributed by atoms with Gasteiger partial charge in [0.1, 0.15) is 5.82 Å². The van der Waals surface area contributed by atoms with Gasteiger partial charge in [-0.15, -0.1) is 5.10 Å². The van der Waals surface area contributed by atoms with Gasteiger partial charge < -0.3 is 14.8 Å². The van der Waals surface area contributed by atoms with E-state index < -0.39 is 0 Å². The molecule has 0 aliphatic carbocycles. The molecule has 2 N–H and O–H groups in total. The van der Waals surface area contributed by atoms with Crippen LogP contribution in [0.25, 0.3) is 0 Å². The summed E-state index contributed by atoms with van der Waals surface area (Å²) in [4.78, 5) is 17.4. The van der Waals surface area contributed by atoms with Crippen LogP contribution >= 0.6 is 11.6 Å². The zero-order valence-electron chi connectivity index (χ0n) is 20.2. The number of rotatable bonds is 7. The standard InChI is InChI=1S/C27H25ClFN5O3/c1-36-23-12-3-16(13-24(23)37-2)14-25(35)31-26-32-27-30-21(17-4-8-19(28)9-5-17)15-22(34(27)33-26)18-6-10-20(29)11-7-18/h3-13,21-22H,14-15H2,1-2H3,(H2,30,31,32,33,35)/t21-,22-/m0/s1. The van der Waals surface area contributed by atoms with Crippen LogP contribution < -0.4 is 20.1 Å². The molecule has 10 heteroatoms. The van der Waals surface area contributed by atoms with Gasteiger partial charge >= 0.3 is 0 Å². The van der Waals surface area contributed by atoms with Crippen LogP contribution in [-0.2, 0) is 11.2 Å². The highest BCUT2D eigenvalue weighted by Crippen LogP contribution is 2.38. The molecule has 2 atom stereocenters. The van der Waals surface area contributed by atoms with E-state index in [-0.39, 0.29) is 36.2 Å². The van der Waals surface area contributed by atoms with Gasteiger partial charge in [-0.1, -0.05) is 41.9 Å². The number of halogens is 2. The number of nitrogens with one attached hydrogen (secondary N) is 2. The van der Waals surface area contributed by atoms with Gasteiger partial charge in [0.05, 0.1) is 32.7 Å². The Balaban J connectivity index is 1.39. The first-order chi connectivity index (χ1) is 17.9. The molecule has 0 unspecified atom stereocenters. The molecular weight excluding hydrogens is 497 g/mol. The van der Waals surface area contributed by atoms with E-state index in [2.05, 4.69) is 20.7 Å². The molecule has 0 radical (unpaired) electrons. The number of anilines is 2. The fourth-order valence-corrected chi connectivity index (χ4v) is 4.58. The predicted octanol–water partition coefficient (Wildman–Crippen LogP) is 5.42. The van der Waals surface area contributed by atoms with Crippen LogP contribution in [0, 0.1) is 5.82 Å². The Kier molecular flexibility index (Phi) is 6.96. The smallest absolute Gasteiger partial charge is 0.250 e. The van der Waals surface area contributed by atoms with E-state index in [1.807, 2.05) is 24.3 Å². The number of aromatic nitrogens is 3. The van der Waals surface area contributed by atoms with Gasteiger partial charge in [0.25, 0.3) is 5.95 Å². The van der Waals surface area contributed by atoms with E-state index in [1.54, 1.807) is 49.2 Å². The Labute approximate surface area is 218 Å². The fraction of sp³-hybridized carbons (Fsp3) is 0.222. The number of carbonyl (C=O) groups excluding carboxylic acids is 1. The third-order valence-corrected chi connectivity index (χ3v) is 6.53. The maximum Gasteiger partial charge on any atom is 0.250 e. The fourth-order valence-electron chi connectivity index (χ4n) is 4.45. The number of benzene rings is 3. The second kappa shape index (κ2) is 10.5. The molecule has 1 amide bonds. The van der Waals surface area contributed by atoms with Crippen molar-refractivity contribution in [3.63, 3.8) is 0 Å². The number of nitrogens with zero attached hydrogens (tertiary/aromatic N) is 3. The highest BCUT2D eigenvalue weighted by molar-refractivity contribution is 6.30. The van der Waals surface area contributed by atoms with Crippen molar-refractivity contribution in [2.45, 2.75) is 24.9 Å². The van der Waals surface area contributed by atoms with E-state index in [0.717, 1.165) is 16.7 Å². The van der Waals surface area contributed by atoms with Gasteiger partial charge in [0.2, 0.25) is 11.9 Å². The molecule has 0 bridgehead atoms. The van der Waals surface area contributed by atoms with E-state index in [4.69, 9.17) is 21.1 Å². The van der Waals surface area contributed by atoms with Crippen LogP contribution in [0.5, 0.6) is 11.5 Å². The summed E-state index contributed by atoms with van der Waals surface area (Å²) in [5.74, 6) is 1.22. The zero-order valence-corrected chi connectivity index (χ0v) is 21.0. The summed E-state index contributed by atoms with van der Waals surface area (Å²) in [6.45, 7) is 0. The number of ether oxygens (including phenoxy) is 2. The van der Waals surface area contributed by atoms with Crippen molar-refractivity contribution in [3.05, 3.63) is 94.3 Å². The minimum atomic E-state index is -0.311. The Morgan fingerprint density at radius 2 is 1.76 bits per heavy atom. The van der Waals surface area contributed by atoms with Crippen LogP contribution in [0.2, 0.25) is 5.02 Å². The molecular formula is C27H25ClFN5O3. The second-order valence-corrected chi connectivity index (χ2v) is 9.11. The normalized spacial score (nSPS) is 16.4. The van der Waals surface area contributed by atoms with Crippen molar-refractivity contribution in [2.75, 3.05) is 24.9 Å². The molecule has 190 valence electrons. The quantitative estimate of drug-likeness (QED) is 0.338. The Bertz CT molecular complexity index is 1410. The lowest BCUT2D eigenvalue weighted by molar-refractivity contribution is -0.115. The molecule has 4 aromatic rings. The summed E-state index contributed by atoms with van der Waals surface area (Å²) >= 11 is 6.08. The predicted molar refractivity (Wildman–Crippen MR) is 139 cm³/mol. The number of carbonyl (C=O) groups is 1. The van der Waals surface area contributed by atoms with Gasteiger partial charge in [0.15, 0.2) is 11.5 Å². The average Bonchev–Trinajstić information content (AvgIpc) is 3.31. The number of hydrogen-bond acceptors (Lipinski definition) is 6. The van der Waals surface area contributed by atoms with Crippen LogP contribution in [0.3, 0.4) is 0 Å². The van der Waals surface area contributed by atoms with Crippen LogP contribution in [0.1, 0.15) is 35.2 Å². The summed E-state index contributed by atoms with van der Waals surface area (Å²) in [5.41, 5.74) is 2.67. The van der Waals surface area contributed by atoms with Crippen molar-refractivity contribution in [2.24, 2.45) is 0 Å². The molecule has 8 nitrogen and oxygen atoms in total. The van der Waals surface area contributed by atoms with Gasteiger partial charge in [0, 0.05) is 5.02 Å². The van der Waals surface area contributed by atoms with Crippen molar-refractivity contribution >= 4 is 29.4 Å². The molecule has 37 heavy (non-hydrogen) atoms. The minimum absolute atomic E-state index is 0.0839. The highest BCUT2D eigenvalue weighted by atomic mass is 35.5. The lowest BCUT2D eigenvalue weighted by Crippen LogP contribution is -2.28. The summed E-state index contributed by atoms with van der Waals surface area (Å²) in [6.07, 6.45) is 0.745. The van der Waals surface area contributed by atoms with Gasteiger partial charge in [-0.05, 0) is 59.5 Å². The number of amides is 1. The third kappa shape index (κ3) is 5.36. The summed E-state index contributed by atoms with van der Waals surface area (Å²) in [7, 11) is 3.10. The van der Waals surface area contributed by atoms with Crippen molar-refractivity contribution < 1.29 is 18.7 Å². The molecule has 0 fully saturated rings. The summed E-state index contributed by atoms with van der Waals surface area (Å²) in [5, 5.41) is 11.4. The van der Waals surface area contributed by atoms with Crippen molar-refractivity contribution in [1.82, 2.24) is 14.8 Å². The molecule has 1 aliphatic rings. The van der Waals surface area contributed by atoms with E-state index >= 15 is 0 Å². The molecule has 0 saturated carbocycles. The van der Waals surface area contributed by atoms with E-state index in [0.29, 0.717) is 28.9 Å². The van der Waals surface area contributed by atoms with Crippen LogP contribution in [0.4, 0.5) is 16.3 Å². The maximum absolute atomic E-state index is 13.6. The Morgan fingerprint density at radius 3 is 2.46 bits per heavy atom. The van der Waals surface area contributed by atoms with Gasteiger partial charge in [-0.25, -0.2) is 9.07 Å². The van der Waals surface area contributed by atoms with E-state index in [1.165, 1.54) is 12.1 Å². The van der Waals surface area contributed by atoms with Gasteiger partial charge in [-0.3, -0.25) is 10.1 Å². The lowest BCUT2D eigenvalue weighted by Gasteiger charge is -2.31. The third-order valence-electron chi connectivity index (χ3n) is 6.28. The number of hydrogen-bond donors (Lipinski definition) is 2. The van der Waals surface area contributed by atoms with Crippen LogP contribution in [-0.4, -0.2) is 34.9 Å². The molecule has 5 rings (SSSR count). The zero-order chi connectivity index (χ0) is 25.9. The first-order valence-corrected chi connectivity index (χ1v) is 12.1. The summed E-state index contributed by atoms with van der Waals surface area (Å²) < 4.78 is 25.9. The molecule has 1 aromatic heterocycles. The molecule has 0 spiro atoms. The maximum atomic E-state index is 13.6. The minimum Gasteiger partial charge on any atom is -0.493 e. The Morgan fingerprint density at radius 1 is 1.05 bits per heavy atom.